The number of piperidine rings is 2. The van der Waals surface area contributed by atoms with Crippen molar-refractivity contribution in [1.82, 2.24) is 9.80 Å². The Balaban J connectivity index is 2.37. The average Bonchev–Trinajstić information content (AvgIpc) is 2.50. The van der Waals surface area contributed by atoms with E-state index in [0.717, 1.165) is 17.8 Å². The summed E-state index contributed by atoms with van der Waals surface area (Å²) in [6.45, 7) is 22.0. The van der Waals surface area contributed by atoms with Gasteiger partial charge >= 0.3 is 0 Å². The predicted molar refractivity (Wildman–Crippen MR) is 115 cm³/mol. The van der Waals surface area contributed by atoms with Crippen LogP contribution in [0.25, 0.3) is 0 Å². The summed E-state index contributed by atoms with van der Waals surface area (Å²) >= 11 is 0. The van der Waals surface area contributed by atoms with Crippen LogP contribution in [0.15, 0.2) is 0 Å². The molecule has 2 fully saturated rings. The molecule has 153 valence electrons. The Kier molecular flexibility index (Phi) is 6.04. The van der Waals surface area contributed by atoms with Crippen molar-refractivity contribution in [2.45, 2.75) is 117 Å². The van der Waals surface area contributed by atoms with Crippen molar-refractivity contribution in [3.8, 4) is 0 Å². The summed E-state index contributed by atoms with van der Waals surface area (Å²) < 4.78 is 0. The van der Waals surface area contributed by atoms with E-state index in [0.29, 0.717) is 11.1 Å². The first-order chi connectivity index (χ1) is 11.7. The lowest BCUT2D eigenvalue weighted by Crippen LogP contribution is -2.66. The lowest BCUT2D eigenvalue weighted by atomic mass is 9.57. The van der Waals surface area contributed by atoms with E-state index in [1.165, 1.54) is 32.1 Å². The lowest BCUT2D eigenvalue weighted by molar-refractivity contribution is -0.115. The molecule has 0 bridgehead atoms. The molecule has 2 heterocycles. The second-order valence-corrected chi connectivity index (χ2v) is 11.6. The second-order valence-electron chi connectivity index (χ2n) is 11.6. The van der Waals surface area contributed by atoms with Crippen LogP contribution in [0.1, 0.15) is 94.4 Å². The molecular weight excluding hydrogens is 316 g/mol. The highest BCUT2D eigenvalue weighted by Crippen LogP contribution is 2.53. The number of hydrogen-bond donors (Lipinski definition) is 0. The van der Waals surface area contributed by atoms with Crippen LogP contribution < -0.4 is 0 Å². The first-order valence-corrected chi connectivity index (χ1v) is 11.0. The quantitative estimate of drug-likeness (QED) is 0.603. The van der Waals surface area contributed by atoms with Crippen LogP contribution in [0, 0.1) is 24.2 Å². The topological polar surface area (TPSA) is 6.48 Å². The number of likely N-dealkylation sites (tertiary alicyclic amines) is 2. The molecule has 2 aliphatic heterocycles. The van der Waals surface area contributed by atoms with E-state index in [9.17, 15) is 0 Å². The Bertz CT molecular complexity index is 446. The van der Waals surface area contributed by atoms with E-state index in [-0.39, 0.29) is 11.1 Å². The summed E-state index contributed by atoms with van der Waals surface area (Å²) in [6, 6.07) is 0. The molecule has 26 heavy (non-hydrogen) atoms. The monoisotopic (exact) mass is 363 g/mol. The first kappa shape index (κ1) is 22.2. The molecule has 0 saturated carbocycles. The van der Waals surface area contributed by atoms with Crippen molar-refractivity contribution >= 4 is 0 Å². The fraction of sp³-hybridized carbons (Fsp3) is 0.958. The van der Waals surface area contributed by atoms with Crippen LogP contribution in [0.2, 0.25) is 0 Å². The summed E-state index contributed by atoms with van der Waals surface area (Å²) in [4.78, 5) is 5.36. The largest absolute Gasteiger partial charge is 0.296 e. The molecule has 2 saturated heterocycles. The zero-order valence-electron chi connectivity index (χ0n) is 19.7. The Morgan fingerprint density at radius 1 is 0.769 bits per heavy atom. The summed E-state index contributed by atoms with van der Waals surface area (Å²) in [5.74, 6) is 2.29. The molecule has 0 aliphatic carbocycles. The fourth-order valence-corrected chi connectivity index (χ4v) is 6.47. The molecular formula is C24H47N2. The molecule has 2 rings (SSSR count). The van der Waals surface area contributed by atoms with E-state index >= 15 is 0 Å². The van der Waals surface area contributed by atoms with Gasteiger partial charge in [0.25, 0.3) is 0 Å². The molecule has 0 N–H and O–H groups in total. The number of nitrogens with zero attached hydrogens (tertiary/aromatic N) is 2. The molecule has 2 nitrogen and oxygen atoms in total. The highest BCUT2D eigenvalue weighted by atomic mass is 15.3. The minimum atomic E-state index is 0.247. The summed E-state index contributed by atoms with van der Waals surface area (Å²) in [5, 5.41) is 0. The maximum absolute atomic E-state index is 2.68. The van der Waals surface area contributed by atoms with E-state index in [4.69, 9.17) is 0 Å². The van der Waals surface area contributed by atoms with Crippen molar-refractivity contribution in [2.24, 2.45) is 17.8 Å². The van der Waals surface area contributed by atoms with Gasteiger partial charge in [0.1, 0.15) is 0 Å². The van der Waals surface area contributed by atoms with E-state index < -0.39 is 0 Å². The van der Waals surface area contributed by atoms with Crippen molar-refractivity contribution < 1.29 is 0 Å². The Labute approximate surface area is 165 Å². The third-order valence-electron chi connectivity index (χ3n) is 9.04. The molecule has 2 unspecified atom stereocenters. The van der Waals surface area contributed by atoms with Gasteiger partial charge in [-0.3, -0.25) is 9.80 Å². The SMILES string of the molecule is C[CH]CC(C1CCC(C)(C)N(C)C1(C)C)C1CCC(C)(C)N(C)C1(C)C. The van der Waals surface area contributed by atoms with Gasteiger partial charge in [-0.15, -0.1) is 0 Å². The third kappa shape index (κ3) is 3.62. The van der Waals surface area contributed by atoms with Crippen molar-refractivity contribution in [1.29, 1.82) is 0 Å². The summed E-state index contributed by atoms with van der Waals surface area (Å²) in [6.07, 6.45) is 9.05. The van der Waals surface area contributed by atoms with Crippen LogP contribution in [0.3, 0.4) is 0 Å². The number of hydrogen-bond acceptors (Lipinski definition) is 2. The molecule has 1 radical (unpaired) electrons. The maximum atomic E-state index is 2.68. The fourth-order valence-electron chi connectivity index (χ4n) is 6.47. The van der Waals surface area contributed by atoms with Crippen LogP contribution in [-0.2, 0) is 0 Å². The lowest BCUT2D eigenvalue weighted by Gasteiger charge is -2.62. The molecule has 0 spiro atoms. The van der Waals surface area contributed by atoms with Gasteiger partial charge in [0.2, 0.25) is 0 Å². The van der Waals surface area contributed by atoms with Gasteiger partial charge in [-0.25, -0.2) is 0 Å². The molecule has 0 aromatic carbocycles. The zero-order chi connectivity index (χ0) is 20.1. The first-order valence-electron chi connectivity index (χ1n) is 11.0. The standard InChI is InChI=1S/C24H47N2/c1-12-13-18(19-14-16-21(2,3)25(10)23(19,6)7)20-15-17-22(4,5)26(11)24(20,8)9/h12,18-20H,13-17H2,1-11H3. The molecule has 2 heteroatoms. The molecule has 0 amide bonds. The van der Waals surface area contributed by atoms with Crippen molar-refractivity contribution in [2.75, 3.05) is 14.1 Å². The van der Waals surface area contributed by atoms with Gasteiger partial charge in [0.15, 0.2) is 0 Å². The van der Waals surface area contributed by atoms with Gasteiger partial charge in [-0.2, -0.15) is 0 Å². The smallest absolute Gasteiger partial charge is 0.0186 e. The third-order valence-corrected chi connectivity index (χ3v) is 9.04. The predicted octanol–water partition coefficient (Wildman–Crippen LogP) is 6.01. The Morgan fingerprint density at radius 2 is 1.12 bits per heavy atom. The molecule has 2 atom stereocenters. The summed E-state index contributed by atoms with van der Waals surface area (Å²) in [5.41, 5.74) is 1.11. The minimum absolute atomic E-state index is 0.247. The van der Waals surface area contributed by atoms with Crippen LogP contribution in [-0.4, -0.2) is 46.1 Å². The Hall–Kier alpha value is -0.0800. The van der Waals surface area contributed by atoms with E-state index in [2.05, 4.69) is 92.6 Å². The van der Waals surface area contributed by atoms with Crippen LogP contribution >= 0.6 is 0 Å². The van der Waals surface area contributed by atoms with Crippen molar-refractivity contribution in [3.63, 3.8) is 0 Å². The number of rotatable bonds is 4. The van der Waals surface area contributed by atoms with Gasteiger partial charge in [-0.05, 0) is 126 Å². The maximum Gasteiger partial charge on any atom is 0.0186 e. The van der Waals surface area contributed by atoms with Crippen LogP contribution in [0.5, 0.6) is 0 Å². The Morgan fingerprint density at radius 3 is 1.42 bits per heavy atom. The van der Waals surface area contributed by atoms with E-state index in [1.54, 1.807) is 0 Å². The second kappa shape index (κ2) is 7.07. The van der Waals surface area contributed by atoms with Gasteiger partial charge in [-0.1, -0.05) is 6.92 Å². The molecule has 0 aromatic rings. The van der Waals surface area contributed by atoms with Gasteiger partial charge < -0.3 is 0 Å². The highest BCUT2D eigenvalue weighted by molar-refractivity contribution is 5.08. The van der Waals surface area contributed by atoms with Gasteiger partial charge in [0, 0.05) is 22.2 Å². The highest BCUT2D eigenvalue weighted by Gasteiger charge is 2.53. The van der Waals surface area contributed by atoms with Crippen LogP contribution in [0.4, 0.5) is 0 Å². The average molecular weight is 364 g/mol. The van der Waals surface area contributed by atoms with E-state index in [1.807, 2.05) is 0 Å². The zero-order valence-corrected chi connectivity index (χ0v) is 19.7. The van der Waals surface area contributed by atoms with Crippen molar-refractivity contribution in [3.05, 3.63) is 6.42 Å². The normalized spacial score (nSPS) is 35.2. The molecule has 0 aromatic heterocycles. The molecule has 2 aliphatic rings. The van der Waals surface area contributed by atoms with Gasteiger partial charge in [0.05, 0.1) is 0 Å². The summed E-state index contributed by atoms with van der Waals surface area (Å²) in [7, 11) is 4.72. The minimum Gasteiger partial charge on any atom is -0.296 e.